The SMILES string of the molecule is CCN(CC)C(=O)c1cccc(NC(=O)[C@H]2CC(=O)N(C3CCCC3)C2)c1. The molecule has 27 heavy (non-hydrogen) atoms. The number of benzene rings is 1. The smallest absolute Gasteiger partial charge is 0.253 e. The Morgan fingerprint density at radius 1 is 1.19 bits per heavy atom. The molecule has 2 fully saturated rings. The highest BCUT2D eigenvalue weighted by atomic mass is 16.2. The standard InChI is InChI=1S/C21H29N3O3/c1-3-23(4-2)21(27)15-8-7-9-17(12-15)22-20(26)16-13-19(25)24(14-16)18-10-5-6-11-18/h7-9,12,16,18H,3-6,10-11,13-14H2,1-2H3,(H,22,26)/t16-/m0/s1. The van der Waals surface area contributed by atoms with Gasteiger partial charge in [-0.05, 0) is 44.9 Å². The van der Waals surface area contributed by atoms with Crippen molar-refractivity contribution in [2.75, 3.05) is 25.0 Å². The first-order valence-electron chi connectivity index (χ1n) is 10.0. The maximum Gasteiger partial charge on any atom is 0.253 e. The van der Waals surface area contributed by atoms with Crippen LogP contribution in [0.3, 0.4) is 0 Å². The minimum atomic E-state index is -0.319. The summed E-state index contributed by atoms with van der Waals surface area (Å²) in [6.07, 6.45) is 4.71. The monoisotopic (exact) mass is 371 g/mol. The van der Waals surface area contributed by atoms with Crippen molar-refractivity contribution in [3.8, 4) is 0 Å². The van der Waals surface area contributed by atoms with Gasteiger partial charge in [0.25, 0.3) is 5.91 Å². The number of carbonyl (C=O) groups is 3. The van der Waals surface area contributed by atoms with Gasteiger partial charge in [-0.3, -0.25) is 14.4 Å². The normalized spacial score (nSPS) is 20.1. The van der Waals surface area contributed by atoms with Crippen LogP contribution in [0.15, 0.2) is 24.3 Å². The molecule has 6 heteroatoms. The van der Waals surface area contributed by atoms with E-state index in [-0.39, 0.29) is 30.1 Å². The lowest BCUT2D eigenvalue weighted by Crippen LogP contribution is -2.35. The van der Waals surface area contributed by atoms with E-state index in [4.69, 9.17) is 0 Å². The summed E-state index contributed by atoms with van der Waals surface area (Å²) < 4.78 is 0. The molecule has 1 aromatic rings. The minimum Gasteiger partial charge on any atom is -0.339 e. The number of anilines is 1. The van der Waals surface area contributed by atoms with Gasteiger partial charge in [0.15, 0.2) is 0 Å². The Morgan fingerprint density at radius 3 is 2.56 bits per heavy atom. The second kappa shape index (κ2) is 8.55. The molecule has 1 aliphatic heterocycles. The zero-order valence-corrected chi connectivity index (χ0v) is 16.2. The third-order valence-corrected chi connectivity index (χ3v) is 5.72. The molecule has 1 saturated carbocycles. The molecule has 0 radical (unpaired) electrons. The van der Waals surface area contributed by atoms with Crippen molar-refractivity contribution in [1.82, 2.24) is 9.80 Å². The van der Waals surface area contributed by atoms with Gasteiger partial charge < -0.3 is 15.1 Å². The lowest BCUT2D eigenvalue weighted by Gasteiger charge is -2.24. The summed E-state index contributed by atoms with van der Waals surface area (Å²) in [7, 11) is 0. The highest BCUT2D eigenvalue weighted by molar-refractivity contribution is 5.99. The highest BCUT2D eigenvalue weighted by Crippen LogP contribution is 2.30. The Bertz CT molecular complexity index is 708. The largest absolute Gasteiger partial charge is 0.339 e. The predicted molar refractivity (Wildman–Crippen MR) is 104 cm³/mol. The van der Waals surface area contributed by atoms with E-state index in [9.17, 15) is 14.4 Å². The Balaban J connectivity index is 1.63. The number of nitrogens with one attached hydrogen (secondary N) is 1. The predicted octanol–water partition coefficient (Wildman–Crippen LogP) is 2.90. The van der Waals surface area contributed by atoms with E-state index in [0.29, 0.717) is 36.9 Å². The van der Waals surface area contributed by atoms with E-state index in [1.165, 1.54) is 12.8 Å². The number of hydrogen-bond acceptors (Lipinski definition) is 3. The Hall–Kier alpha value is -2.37. The van der Waals surface area contributed by atoms with E-state index < -0.39 is 0 Å². The first-order valence-corrected chi connectivity index (χ1v) is 10.0. The molecule has 1 aromatic carbocycles. The Morgan fingerprint density at radius 2 is 1.89 bits per heavy atom. The van der Waals surface area contributed by atoms with Gasteiger partial charge in [0, 0.05) is 43.3 Å². The molecule has 1 aliphatic carbocycles. The number of nitrogens with zero attached hydrogens (tertiary/aromatic N) is 2. The molecule has 3 rings (SSSR count). The zero-order chi connectivity index (χ0) is 19.4. The number of carbonyl (C=O) groups excluding carboxylic acids is 3. The molecule has 0 aromatic heterocycles. The fourth-order valence-electron chi connectivity index (χ4n) is 4.14. The number of hydrogen-bond donors (Lipinski definition) is 1. The first kappa shape index (κ1) is 19.4. The van der Waals surface area contributed by atoms with Crippen LogP contribution in [0.25, 0.3) is 0 Å². The summed E-state index contributed by atoms with van der Waals surface area (Å²) in [6.45, 7) is 5.69. The van der Waals surface area contributed by atoms with Gasteiger partial charge in [-0.2, -0.15) is 0 Å². The van der Waals surface area contributed by atoms with Crippen LogP contribution in [0.5, 0.6) is 0 Å². The topological polar surface area (TPSA) is 69.7 Å². The van der Waals surface area contributed by atoms with Gasteiger partial charge in [-0.1, -0.05) is 18.9 Å². The van der Waals surface area contributed by atoms with E-state index in [1.54, 1.807) is 29.2 Å². The van der Waals surface area contributed by atoms with Crippen LogP contribution in [0.2, 0.25) is 0 Å². The zero-order valence-electron chi connectivity index (χ0n) is 16.2. The molecule has 6 nitrogen and oxygen atoms in total. The lowest BCUT2D eigenvalue weighted by atomic mass is 10.1. The van der Waals surface area contributed by atoms with Gasteiger partial charge >= 0.3 is 0 Å². The van der Waals surface area contributed by atoms with Crippen LogP contribution in [-0.4, -0.2) is 53.2 Å². The van der Waals surface area contributed by atoms with Crippen LogP contribution >= 0.6 is 0 Å². The molecular formula is C21H29N3O3. The minimum absolute atomic E-state index is 0.0421. The van der Waals surface area contributed by atoms with Gasteiger partial charge in [-0.25, -0.2) is 0 Å². The molecule has 3 amide bonds. The molecule has 0 bridgehead atoms. The average molecular weight is 371 g/mol. The van der Waals surface area contributed by atoms with Gasteiger partial charge in [0.2, 0.25) is 11.8 Å². The molecule has 1 saturated heterocycles. The van der Waals surface area contributed by atoms with E-state index in [0.717, 1.165) is 12.8 Å². The van der Waals surface area contributed by atoms with Gasteiger partial charge in [-0.15, -0.1) is 0 Å². The van der Waals surface area contributed by atoms with Gasteiger partial charge in [0.05, 0.1) is 5.92 Å². The van der Waals surface area contributed by atoms with E-state index in [2.05, 4.69) is 5.32 Å². The van der Waals surface area contributed by atoms with Crippen molar-refractivity contribution in [2.24, 2.45) is 5.92 Å². The van der Waals surface area contributed by atoms with Crippen molar-refractivity contribution in [3.05, 3.63) is 29.8 Å². The van der Waals surface area contributed by atoms with Crippen LogP contribution in [0, 0.1) is 5.92 Å². The quantitative estimate of drug-likeness (QED) is 0.836. The van der Waals surface area contributed by atoms with E-state index in [1.807, 2.05) is 18.7 Å². The average Bonchev–Trinajstić information content (AvgIpc) is 3.32. The summed E-state index contributed by atoms with van der Waals surface area (Å²) in [4.78, 5) is 41.1. The summed E-state index contributed by atoms with van der Waals surface area (Å²) in [6, 6.07) is 7.34. The maximum absolute atomic E-state index is 12.7. The number of rotatable bonds is 6. The molecule has 2 aliphatic rings. The molecule has 0 unspecified atom stereocenters. The number of likely N-dealkylation sites (tertiary alicyclic amines) is 1. The third-order valence-electron chi connectivity index (χ3n) is 5.72. The van der Waals surface area contributed by atoms with Crippen molar-refractivity contribution in [1.29, 1.82) is 0 Å². The number of amides is 3. The van der Waals surface area contributed by atoms with Crippen LogP contribution < -0.4 is 5.32 Å². The van der Waals surface area contributed by atoms with Crippen molar-refractivity contribution in [2.45, 2.75) is 52.0 Å². The summed E-state index contributed by atoms with van der Waals surface area (Å²) >= 11 is 0. The third kappa shape index (κ3) is 4.31. The second-order valence-electron chi connectivity index (χ2n) is 7.43. The highest BCUT2D eigenvalue weighted by Gasteiger charge is 2.38. The lowest BCUT2D eigenvalue weighted by molar-refractivity contribution is -0.129. The Kier molecular flexibility index (Phi) is 6.14. The van der Waals surface area contributed by atoms with Crippen LogP contribution in [0.1, 0.15) is 56.3 Å². The summed E-state index contributed by atoms with van der Waals surface area (Å²) in [5.74, 6) is -0.413. The molecule has 0 spiro atoms. The second-order valence-corrected chi connectivity index (χ2v) is 7.43. The van der Waals surface area contributed by atoms with Crippen molar-refractivity contribution >= 4 is 23.4 Å². The molecule has 1 atom stereocenters. The van der Waals surface area contributed by atoms with Crippen molar-refractivity contribution < 1.29 is 14.4 Å². The molecule has 146 valence electrons. The van der Waals surface area contributed by atoms with E-state index >= 15 is 0 Å². The molecular weight excluding hydrogens is 342 g/mol. The Labute approximate surface area is 160 Å². The van der Waals surface area contributed by atoms with Crippen molar-refractivity contribution in [3.63, 3.8) is 0 Å². The van der Waals surface area contributed by atoms with Crippen LogP contribution in [-0.2, 0) is 9.59 Å². The fraction of sp³-hybridized carbons (Fsp3) is 0.571. The molecule has 1 heterocycles. The fourth-order valence-corrected chi connectivity index (χ4v) is 4.14. The first-order chi connectivity index (χ1) is 13.0. The summed E-state index contributed by atoms with van der Waals surface area (Å²) in [5.41, 5.74) is 1.16. The van der Waals surface area contributed by atoms with Crippen LogP contribution in [0.4, 0.5) is 5.69 Å². The summed E-state index contributed by atoms with van der Waals surface area (Å²) in [5, 5.41) is 2.90. The maximum atomic E-state index is 12.7. The molecule has 1 N–H and O–H groups in total. The van der Waals surface area contributed by atoms with Gasteiger partial charge in [0.1, 0.15) is 0 Å².